The molecule has 0 bridgehead atoms. The maximum absolute atomic E-state index is 12.3. The number of nitrogens with one attached hydrogen (secondary N) is 1. The normalized spacial score (nSPS) is 17.4. The summed E-state index contributed by atoms with van der Waals surface area (Å²) >= 11 is 1.32. The predicted octanol–water partition coefficient (Wildman–Crippen LogP) is 1.24. The van der Waals surface area contributed by atoms with Crippen molar-refractivity contribution in [1.82, 2.24) is 10.2 Å². The van der Waals surface area contributed by atoms with E-state index in [9.17, 15) is 14.7 Å². The highest BCUT2D eigenvalue weighted by Crippen LogP contribution is 2.12. The van der Waals surface area contributed by atoms with E-state index in [2.05, 4.69) is 5.32 Å². The Balaban J connectivity index is 1.96. The lowest BCUT2D eigenvalue weighted by Gasteiger charge is -2.25. The summed E-state index contributed by atoms with van der Waals surface area (Å²) < 4.78 is 0. The number of aliphatic hydroxyl groups excluding tert-OH is 1. The summed E-state index contributed by atoms with van der Waals surface area (Å²) in [4.78, 5) is 26.6. The number of rotatable bonds is 4. The van der Waals surface area contributed by atoms with Crippen LogP contribution in [-0.4, -0.2) is 47.6 Å². The standard InChI is InChI=1S/C14H20N2O3S/c17-10-11(15-13(18)12-6-5-9-20-12)14(19)16-7-3-1-2-4-8-16/h5-6,9,11,17H,1-4,7-8,10H2,(H,15,18). The van der Waals surface area contributed by atoms with Gasteiger partial charge in [0, 0.05) is 13.1 Å². The molecule has 20 heavy (non-hydrogen) atoms. The molecule has 0 saturated carbocycles. The molecule has 1 saturated heterocycles. The molecular weight excluding hydrogens is 276 g/mol. The van der Waals surface area contributed by atoms with Crippen LogP contribution in [0, 0.1) is 0 Å². The first-order chi connectivity index (χ1) is 9.72. The van der Waals surface area contributed by atoms with Gasteiger partial charge in [-0.2, -0.15) is 0 Å². The molecule has 2 heterocycles. The van der Waals surface area contributed by atoms with E-state index >= 15 is 0 Å². The number of hydrogen-bond acceptors (Lipinski definition) is 4. The van der Waals surface area contributed by atoms with E-state index in [0.29, 0.717) is 18.0 Å². The van der Waals surface area contributed by atoms with E-state index in [1.54, 1.807) is 22.4 Å². The Hall–Kier alpha value is -1.40. The van der Waals surface area contributed by atoms with Gasteiger partial charge in [-0.1, -0.05) is 18.9 Å². The quantitative estimate of drug-likeness (QED) is 0.878. The average Bonchev–Trinajstić information content (AvgIpc) is 2.86. The van der Waals surface area contributed by atoms with Crippen LogP contribution in [0.15, 0.2) is 17.5 Å². The molecule has 5 nitrogen and oxygen atoms in total. The highest BCUT2D eigenvalue weighted by atomic mass is 32.1. The fraction of sp³-hybridized carbons (Fsp3) is 0.571. The van der Waals surface area contributed by atoms with Crippen LogP contribution in [0.1, 0.15) is 35.4 Å². The highest BCUT2D eigenvalue weighted by molar-refractivity contribution is 7.12. The monoisotopic (exact) mass is 296 g/mol. The second-order valence-corrected chi connectivity index (χ2v) is 5.87. The van der Waals surface area contributed by atoms with Crippen molar-refractivity contribution in [3.05, 3.63) is 22.4 Å². The lowest BCUT2D eigenvalue weighted by Crippen LogP contribution is -2.50. The molecule has 6 heteroatoms. The zero-order chi connectivity index (χ0) is 14.4. The molecule has 2 N–H and O–H groups in total. The van der Waals surface area contributed by atoms with Gasteiger partial charge in [-0.05, 0) is 24.3 Å². The smallest absolute Gasteiger partial charge is 0.262 e. The molecule has 1 atom stereocenters. The van der Waals surface area contributed by atoms with Gasteiger partial charge in [0.1, 0.15) is 6.04 Å². The lowest BCUT2D eigenvalue weighted by molar-refractivity contribution is -0.134. The Kier molecular flexibility index (Phi) is 5.55. The Bertz CT molecular complexity index is 439. The lowest BCUT2D eigenvalue weighted by atomic mass is 10.2. The first-order valence-corrected chi connectivity index (χ1v) is 7.84. The van der Waals surface area contributed by atoms with Crippen LogP contribution in [0.2, 0.25) is 0 Å². The molecule has 0 aliphatic carbocycles. The Morgan fingerprint density at radius 3 is 2.55 bits per heavy atom. The van der Waals surface area contributed by atoms with E-state index < -0.39 is 6.04 Å². The fourth-order valence-corrected chi connectivity index (χ4v) is 2.96. The van der Waals surface area contributed by atoms with Gasteiger partial charge in [0.25, 0.3) is 5.91 Å². The van der Waals surface area contributed by atoms with E-state index in [-0.39, 0.29) is 18.4 Å². The molecule has 1 unspecified atom stereocenters. The molecule has 1 fully saturated rings. The zero-order valence-corrected chi connectivity index (χ0v) is 12.2. The minimum Gasteiger partial charge on any atom is -0.394 e. The molecule has 0 aromatic carbocycles. The molecule has 0 radical (unpaired) electrons. The molecule has 1 aliphatic heterocycles. The Labute approximate surface area is 122 Å². The van der Waals surface area contributed by atoms with E-state index in [0.717, 1.165) is 25.7 Å². The molecule has 1 aromatic heterocycles. The van der Waals surface area contributed by atoms with Gasteiger partial charge >= 0.3 is 0 Å². The number of thiophene rings is 1. The zero-order valence-electron chi connectivity index (χ0n) is 11.4. The molecular formula is C14H20N2O3S. The number of hydrogen-bond donors (Lipinski definition) is 2. The topological polar surface area (TPSA) is 69.6 Å². The minimum atomic E-state index is -0.845. The second kappa shape index (κ2) is 7.40. The third-order valence-electron chi connectivity index (χ3n) is 3.45. The highest BCUT2D eigenvalue weighted by Gasteiger charge is 2.26. The van der Waals surface area contributed by atoms with Crippen molar-refractivity contribution in [1.29, 1.82) is 0 Å². The van der Waals surface area contributed by atoms with Crippen molar-refractivity contribution < 1.29 is 14.7 Å². The van der Waals surface area contributed by atoms with Crippen LogP contribution in [0.3, 0.4) is 0 Å². The number of carbonyl (C=O) groups is 2. The fourth-order valence-electron chi connectivity index (χ4n) is 2.33. The summed E-state index contributed by atoms with van der Waals surface area (Å²) in [5.74, 6) is -0.485. The maximum atomic E-state index is 12.3. The van der Waals surface area contributed by atoms with Crippen LogP contribution in [0.4, 0.5) is 0 Å². The molecule has 1 aliphatic rings. The summed E-state index contributed by atoms with van der Waals surface area (Å²) in [6, 6.07) is 2.64. The van der Waals surface area contributed by atoms with Crippen LogP contribution in [0.5, 0.6) is 0 Å². The van der Waals surface area contributed by atoms with Crippen molar-refractivity contribution in [3.63, 3.8) is 0 Å². The largest absolute Gasteiger partial charge is 0.394 e. The van der Waals surface area contributed by atoms with Crippen LogP contribution < -0.4 is 5.32 Å². The van der Waals surface area contributed by atoms with E-state index in [1.165, 1.54) is 11.3 Å². The number of amides is 2. The van der Waals surface area contributed by atoms with E-state index in [4.69, 9.17) is 0 Å². The number of carbonyl (C=O) groups excluding carboxylic acids is 2. The Morgan fingerprint density at radius 1 is 1.30 bits per heavy atom. The van der Waals surface area contributed by atoms with Crippen LogP contribution in [-0.2, 0) is 4.79 Å². The van der Waals surface area contributed by atoms with Gasteiger partial charge in [-0.15, -0.1) is 11.3 Å². The maximum Gasteiger partial charge on any atom is 0.262 e. The predicted molar refractivity (Wildman–Crippen MR) is 77.7 cm³/mol. The summed E-state index contributed by atoms with van der Waals surface area (Å²) in [7, 11) is 0. The molecule has 110 valence electrons. The van der Waals surface area contributed by atoms with Gasteiger partial charge in [-0.3, -0.25) is 9.59 Å². The van der Waals surface area contributed by atoms with E-state index in [1.807, 2.05) is 0 Å². The summed E-state index contributed by atoms with van der Waals surface area (Å²) in [5.41, 5.74) is 0. The molecule has 1 aromatic rings. The Morgan fingerprint density at radius 2 is 2.00 bits per heavy atom. The van der Waals surface area contributed by atoms with Crippen LogP contribution in [0.25, 0.3) is 0 Å². The average molecular weight is 296 g/mol. The van der Waals surface area contributed by atoms with Crippen molar-refractivity contribution >= 4 is 23.2 Å². The second-order valence-electron chi connectivity index (χ2n) is 4.93. The molecule has 2 rings (SSSR count). The number of aliphatic hydroxyl groups is 1. The summed E-state index contributed by atoms with van der Waals surface area (Å²) in [6.07, 6.45) is 4.25. The van der Waals surface area contributed by atoms with Crippen molar-refractivity contribution in [2.45, 2.75) is 31.7 Å². The third-order valence-corrected chi connectivity index (χ3v) is 4.32. The van der Waals surface area contributed by atoms with Crippen molar-refractivity contribution in [2.75, 3.05) is 19.7 Å². The van der Waals surface area contributed by atoms with Gasteiger partial charge in [0.05, 0.1) is 11.5 Å². The SMILES string of the molecule is O=C(NC(CO)C(=O)N1CCCCCC1)c1cccs1. The first-order valence-electron chi connectivity index (χ1n) is 6.96. The van der Waals surface area contributed by atoms with Crippen LogP contribution >= 0.6 is 11.3 Å². The number of nitrogens with zero attached hydrogens (tertiary/aromatic N) is 1. The number of likely N-dealkylation sites (tertiary alicyclic amines) is 1. The first kappa shape index (κ1) is 15.0. The van der Waals surface area contributed by atoms with Gasteiger partial charge in [0.2, 0.25) is 5.91 Å². The van der Waals surface area contributed by atoms with Gasteiger partial charge < -0.3 is 15.3 Å². The molecule has 2 amide bonds. The van der Waals surface area contributed by atoms with Gasteiger partial charge in [-0.25, -0.2) is 0 Å². The van der Waals surface area contributed by atoms with Gasteiger partial charge in [0.15, 0.2) is 0 Å². The third kappa shape index (κ3) is 3.80. The summed E-state index contributed by atoms with van der Waals surface area (Å²) in [5, 5.41) is 13.8. The molecule has 0 spiro atoms. The van der Waals surface area contributed by atoms with Crippen molar-refractivity contribution in [3.8, 4) is 0 Å². The summed E-state index contributed by atoms with van der Waals surface area (Å²) in [6.45, 7) is 1.06. The minimum absolute atomic E-state index is 0.181. The van der Waals surface area contributed by atoms with Crippen molar-refractivity contribution in [2.24, 2.45) is 0 Å².